The zero-order valence-electron chi connectivity index (χ0n) is 25.6. The van der Waals surface area contributed by atoms with E-state index in [-0.39, 0.29) is 65.5 Å². The summed E-state index contributed by atoms with van der Waals surface area (Å²) in [4.78, 5) is 43.4. The predicted molar refractivity (Wildman–Crippen MR) is 165 cm³/mol. The number of amides is 2. The molecule has 0 unspecified atom stereocenters. The van der Waals surface area contributed by atoms with Gasteiger partial charge >= 0.3 is 12.1 Å². The summed E-state index contributed by atoms with van der Waals surface area (Å²) in [5.41, 5.74) is 1.49. The Morgan fingerprint density at radius 2 is 1.78 bits per heavy atom. The molecule has 3 aliphatic heterocycles. The maximum Gasteiger partial charge on any atom is 0.410 e. The zero-order valence-corrected chi connectivity index (χ0v) is 27.5. The normalized spacial score (nSPS) is 28.5. The minimum absolute atomic E-state index is 0.0330. The summed E-state index contributed by atoms with van der Waals surface area (Å²) in [6.07, 6.45) is 7.38. The molecular weight excluding hydrogens is 557 g/mol. The van der Waals surface area contributed by atoms with Gasteiger partial charge < -0.3 is 23.7 Å². The summed E-state index contributed by atoms with van der Waals surface area (Å²) in [7, 11) is -2.09. The van der Waals surface area contributed by atoms with Crippen molar-refractivity contribution in [1.29, 1.82) is 0 Å². The fourth-order valence-electron chi connectivity index (χ4n) is 6.59. The van der Waals surface area contributed by atoms with Crippen LogP contribution in [-0.2, 0) is 23.5 Å². The van der Waals surface area contributed by atoms with Crippen molar-refractivity contribution in [3.63, 3.8) is 0 Å². The van der Waals surface area contributed by atoms with E-state index in [2.05, 4.69) is 47.0 Å². The topological polar surface area (TPSA) is 85.4 Å². The number of β-lactam (4-membered cyclic amide) rings is 1. The Labute approximate surface area is 251 Å². The van der Waals surface area contributed by atoms with Crippen LogP contribution < -0.4 is 0 Å². The van der Waals surface area contributed by atoms with Crippen LogP contribution in [0.25, 0.3) is 0 Å². The van der Waals surface area contributed by atoms with Crippen molar-refractivity contribution in [2.45, 2.75) is 101 Å². The second-order valence-corrected chi connectivity index (χ2v) is 19.2. The maximum absolute atomic E-state index is 13.8. The molecule has 0 aromatic carbocycles. The molecule has 0 bridgehead atoms. The van der Waals surface area contributed by atoms with E-state index in [1.54, 1.807) is 28.8 Å². The van der Waals surface area contributed by atoms with Crippen LogP contribution >= 0.6 is 11.8 Å². The van der Waals surface area contributed by atoms with E-state index < -0.39 is 14.3 Å². The van der Waals surface area contributed by atoms with Gasteiger partial charge in [-0.05, 0) is 56.3 Å². The lowest BCUT2D eigenvalue weighted by Crippen LogP contribution is -2.65. The SMILES string of the molecule is C=CCOC(=O)C1=C2[C@@H](SC[C@@H]3CCCN3C(=O)OCC=C)CCC[C@@H]2[C@@H]2[C@@H]([C@@H](C)O[Si](C)(C)C(C)(C)C)C(=O)N12. The van der Waals surface area contributed by atoms with Gasteiger partial charge in [0.2, 0.25) is 5.91 Å². The Kier molecular flexibility index (Phi) is 9.86. The lowest BCUT2D eigenvalue weighted by Gasteiger charge is -2.51. The average Bonchev–Trinajstić information content (AvgIpc) is 3.49. The molecule has 8 nitrogen and oxygen atoms in total. The van der Waals surface area contributed by atoms with Crippen LogP contribution in [0.2, 0.25) is 18.1 Å². The molecule has 1 saturated carbocycles. The number of rotatable bonds is 11. The van der Waals surface area contributed by atoms with Crippen molar-refractivity contribution in [2.24, 2.45) is 11.8 Å². The fraction of sp³-hybridized carbons (Fsp3) is 0.710. The van der Waals surface area contributed by atoms with E-state index in [9.17, 15) is 14.4 Å². The number of nitrogens with zero attached hydrogens (tertiary/aromatic N) is 2. The molecule has 2 saturated heterocycles. The maximum atomic E-state index is 13.8. The van der Waals surface area contributed by atoms with Crippen LogP contribution in [0, 0.1) is 11.8 Å². The zero-order chi connectivity index (χ0) is 30.1. The predicted octanol–water partition coefficient (Wildman–Crippen LogP) is 5.91. The minimum atomic E-state index is -2.09. The molecule has 2 amide bonds. The van der Waals surface area contributed by atoms with E-state index >= 15 is 0 Å². The average molecular weight is 605 g/mol. The quantitative estimate of drug-likeness (QED) is 0.125. The summed E-state index contributed by atoms with van der Waals surface area (Å²) in [6, 6.07) is 0.00379. The van der Waals surface area contributed by atoms with Gasteiger partial charge in [0.05, 0.1) is 18.1 Å². The van der Waals surface area contributed by atoms with Crippen LogP contribution in [0.5, 0.6) is 0 Å². The second kappa shape index (κ2) is 12.7. The Morgan fingerprint density at radius 3 is 2.44 bits per heavy atom. The smallest absolute Gasteiger partial charge is 0.410 e. The Bertz CT molecular complexity index is 1080. The Balaban J connectivity index is 1.56. The third-order valence-corrected chi connectivity index (χ3v) is 15.6. The number of carbonyl (C=O) groups is 3. The lowest BCUT2D eigenvalue weighted by molar-refractivity contribution is -0.163. The van der Waals surface area contributed by atoms with Crippen molar-refractivity contribution in [3.8, 4) is 0 Å². The monoisotopic (exact) mass is 604 g/mol. The third-order valence-electron chi connectivity index (χ3n) is 9.59. The highest BCUT2D eigenvalue weighted by molar-refractivity contribution is 8.00. The molecule has 41 heavy (non-hydrogen) atoms. The van der Waals surface area contributed by atoms with Gasteiger partial charge in [0.1, 0.15) is 18.9 Å². The molecule has 0 N–H and O–H groups in total. The Hall–Kier alpha value is -2.04. The second-order valence-electron chi connectivity index (χ2n) is 13.2. The van der Waals surface area contributed by atoms with Crippen molar-refractivity contribution in [2.75, 3.05) is 25.5 Å². The minimum Gasteiger partial charge on any atom is -0.457 e. The van der Waals surface area contributed by atoms with Gasteiger partial charge in [-0.25, -0.2) is 9.59 Å². The first kappa shape index (κ1) is 31.9. The number of hydrogen-bond acceptors (Lipinski definition) is 7. The molecule has 4 aliphatic rings. The first-order valence-electron chi connectivity index (χ1n) is 15.0. The summed E-state index contributed by atoms with van der Waals surface area (Å²) in [5.74, 6) is 0.108. The molecule has 0 radical (unpaired) electrons. The molecule has 1 aliphatic carbocycles. The molecular formula is C31H48N2O6SSi. The molecule has 6 atom stereocenters. The molecule has 4 rings (SSSR count). The van der Waals surface area contributed by atoms with Gasteiger partial charge in [-0.15, -0.1) is 0 Å². The van der Waals surface area contributed by atoms with Crippen LogP contribution in [0.15, 0.2) is 36.6 Å². The molecule has 3 heterocycles. The standard InChI is InChI=1S/C31H48N2O6SSi/c1-9-17-37-29(35)27-25-22(26-24(28(34)33(26)27)20(3)39-41(7,8)31(4,5)6)14-11-15-23(25)40-19-21-13-12-16-32(21)30(36)38-18-10-2/h9-10,20-24,26H,1-2,11-19H2,3-8H3/t20-,21+,22+,23+,24-,26-/m1/s1. The molecule has 3 fully saturated rings. The van der Waals surface area contributed by atoms with Crippen LogP contribution in [0.1, 0.15) is 59.8 Å². The van der Waals surface area contributed by atoms with Gasteiger partial charge in [0, 0.05) is 29.5 Å². The van der Waals surface area contributed by atoms with Crippen molar-refractivity contribution < 1.29 is 28.3 Å². The molecule has 0 spiro atoms. The van der Waals surface area contributed by atoms with Crippen molar-refractivity contribution in [3.05, 3.63) is 36.6 Å². The molecule has 0 aromatic rings. The highest BCUT2D eigenvalue weighted by Crippen LogP contribution is 2.55. The summed E-state index contributed by atoms with van der Waals surface area (Å²) < 4.78 is 17.6. The Morgan fingerprint density at radius 1 is 1.10 bits per heavy atom. The first-order valence-corrected chi connectivity index (χ1v) is 19.0. The van der Waals surface area contributed by atoms with Gasteiger partial charge in [0.25, 0.3) is 0 Å². The van der Waals surface area contributed by atoms with Crippen molar-refractivity contribution >= 4 is 38.0 Å². The van der Waals surface area contributed by atoms with Crippen LogP contribution in [0.4, 0.5) is 4.79 Å². The number of thioether (sulfide) groups is 1. The third kappa shape index (κ3) is 6.20. The molecule has 0 aromatic heterocycles. The number of ether oxygens (including phenoxy) is 2. The van der Waals surface area contributed by atoms with Gasteiger partial charge in [-0.2, -0.15) is 11.8 Å². The molecule has 10 heteroatoms. The number of esters is 1. The summed E-state index contributed by atoms with van der Waals surface area (Å²) in [5, 5.41) is 0.119. The van der Waals surface area contributed by atoms with E-state index in [4.69, 9.17) is 13.9 Å². The fourth-order valence-corrected chi connectivity index (χ4v) is 9.62. The van der Waals surface area contributed by atoms with Crippen molar-refractivity contribution in [1.82, 2.24) is 9.80 Å². The lowest BCUT2D eigenvalue weighted by atomic mass is 9.72. The van der Waals surface area contributed by atoms with Gasteiger partial charge in [-0.1, -0.05) is 52.5 Å². The number of likely N-dealkylation sites (tertiary alicyclic amines) is 1. The number of hydrogen-bond donors (Lipinski definition) is 0. The van der Waals surface area contributed by atoms with E-state index in [0.717, 1.165) is 43.4 Å². The van der Waals surface area contributed by atoms with Gasteiger partial charge in [-0.3, -0.25) is 4.79 Å². The highest BCUT2D eigenvalue weighted by Gasteiger charge is 2.63. The molecule has 228 valence electrons. The van der Waals surface area contributed by atoms with E-state index in [1.165, 1.54) is 0 Å². The largest absolute Gasteiger partial charge is 0.457 e. The first-order chi connectivity index (χ1) is 19.3. The number of carbonyl (C=O) groups excluding carboxylic acids is 3. The van der Waals surface area contributed by atoms with Crippen LogP contribution in [0.3, 0.4) is 0 Å². The summed E-state index contributed by atoms with van der Waals surface area (Å²) in [6.45, 7) is 21.4. The van der Waals surface area contributed by atoms with E-state index in [1.807, 2.05) is 11.8 Å². The van der Waals surface area contributed by atoms with E-state index in [0.29, 0.717) is 12.2 Å². The van der Waals surface area contributed by atoms with Crippen LogP contribution in [-0.4, -0.2) is 85.0 Å². The highest BCUT2D eigenvalue weighted by atomic mass is 32.2. The number of fused-ring (bicyclic) bond motifs is 3. The van der Waals surface area contributed by atoms with Gasteiger partial charge in [0.15, 0.2) is 8.32 Å². The summed E-state index contributed by atoms with van der Waals surface area (Å²) >= 11 is 1.80.